The van der Waals surface area contributed by atoms with Crippen LogP contribution in [0.1, 0.15) is 12.7 Å². The van der Waals surface area contributed by atoms with Crippen LogP contribution in [-0.2, 0) is 20.7 Å². The van der Waals surface area contributed by atoms with Crippen LogP contribution >= 0.6 is 11.6 Å². The number of esters is 1. The second kappa shape index (κ2) is 9.58. The summed E-state index contributed by atoms with van der Waals surface area (Å²) in [6.45, 7) is 5.47. The van der Waals surface area contributed by atoms with Crippen molar-refractivity contribution in [3.63, 3.8) is 0 Å². The SMILES string of the molecule is CC(CN1CCOCC1)OC(=O)Cc1oc2ccccc2c2nn(-c3ccc(Cl)cc3)c(=O)c1-2. The largest absolute Gasteiger partial charge is 0.461 e. The lowest BCUT2D eigenvalue weighted by molar-refractivity contribution is -0.148. The van der Waals surface area contributed by atoms with Crippen molar-refractivity contribution in [1.82, 2.24) is 14.7 Å². The molecule has 8 nitrogen and oxygen atoms in total. The lowest BCUT2D eigenvalue weighted by atomic mass is 10.1. The molecule has 5 rings (SSSR count). The molecule has 3 aliphatic heterocycles. The molecule has 9 heteroatoms. The molecule has 34 heavy (non-hydrogen) atoms. The van der Waals surface area contributed by atoms with Crippen molar-refractivity contribution < 1.29 is 18.7 Å². The summed E-state index contributed by atoms with van der Waals surface area (Å²) in [5.74, 6) is -0.220. The normalized spacial score (nSPS) is 15.6. The molecule has 1 saturated heterocycles. The van der Waals surface area contributed by atoms with Gasteiger partial charge in [-0.05, 0) is 43.3 Å². The van der Waals surface area contributed by atoms with Crippen LogP contribution in [0.4, 0.5) is 0 Å². The molecule has 0 saturated carbocycles. The van der Waals surface area contributed by atoms with Crippen molar-refractivity contribution in [3.8, 4) is 16.9 Å². The zero-order chi connectivity index (χ0) is 23.7. The number of benzene rings is 2. The lowest BCUT2D eigenvalue weighted by Crippen LogP contribution is -2.41. The number of morpholine rings is 1. The average Bonchev–Trinajstić information content (AvgIpc) is 3.18. The highest BCUT2D eigenvalue weighted by atomic mass is 35.5. The molecule has 1 atom stereocenters. The summed E-state index contributed by atoms with van der Waals surface area (Å²) in [4.78, 5) is 28.4. The highest BCUT2D eigenvalue weighted by Gasteiger charge is 2.27. The molecule has 3 aliphatic rings. The average molecular weight is 482 g/mol. The highest BCUT2D eigenvalue weighted by Crippen LogP contribution is 2.32. The maximum atomic E-state index is 13.4. The number of rotatable bonds is 6. The van der Waals surface area contributed by atoms with Crippen LogP contribution in [0, 0.1) is 0 Å². The van der Waals surface area contributed by atoms with E-state index in [4.69, 9.17) is 25.5 Å². The molecule has 2 aromatic rings. The summed E-state index contributed by atoms with van der Waals surface area (Å²) in [5, 5.41) is 5.83. The summed E-state index contributed by atoms with van der Waals surface area (Å²) in [6.07, 6.45) is -0.471. The van der Waals surface area contributed by atoms with Gasteiger partial charge < -0.3 is 13.9 Å². The predicted octanol–water partition coefficient (Wildman–Crippen LogP) is 3.54. The molecule has 0 bridgehead atoms. The number of aromatic nitrogens is 2. The Hall–Kier alpha value is -3.20. The van der Waals surface area contributed by atoms with E-state index in [1.54, 1.807) is 30.3 Å². The number of halogens is 1. The molecule has 1 fully saturated rings. The first-order valence-corrected chi connectivity index (χ1v) is 11.6. The van der Waals surface area contributed by atoms with Gasteiger partial charge in [-0.15, -0.1) is 0 Å². The van der Waals surface area contributed by atoms with E-state index in [1.807, 2.05) is 25.1 Å². The van der Waals surface area contributed by atoms with Gasteiger partial charge in [0.05, 0.1) is 18.9 Å². The van der Waals surface area contributed by atoms with E-state index in [9.17, 15) is 9.59 Å². The van der Waals surface area contributed by atoms with Crippen molar-refractivity contribution in [2.45, 2.75) is 19.4 Å². The third-order valence-corrected chi connectivity index (χ3v) is 6.08. The third-order valence-electron chi connectivity index (χ3n) is 5.82. The molecule has 3 heterocycles. The number of fused-ring (bicyclic) bond motifs is 3. The van der Waals surface area contributed by atoms with Crippen LogP contribution in [0.25, 0.3) is 27.9 Å². The first kappa shape index (κ1) is 22.6. The Morgan fingerprint density at radius 3 is 2.65 bits per heavy atom. The topological polar surface area (TPSA) is 86.8 Å². The van der Waals surface area contributed by atoms with Crippen molar-refractivity contribution in [2.24, 2.45) is 0 Å². The number of ether oxygens (including phenoxy) is 2. The fourth-order valence-electron chi connectivity index (χ4n) is 4.24. The standard InChI is InChI=1S/C25H24ClN3O5/c1-16(15-28-10-12-32-13-11-28)33-22(30)14-21-23-24(19-4-2-3-5-20(19)34-21)27-29(25(23)31)18-8-6-17(26)7-9-18/h2-9,16H,10-15H2,1H3. The molecule has 2 aromatic carbocycles. The molecule has 0 aromatic heterocycles. The molecule has 0 aliphatic carbocycles. The number of carbonyl (C=O) groups is 1. The Morgan fingerprint density at radius 2 is 1.88 bits per heavy atom. The zero-order valence-corrected chi connectivity index (χ0v) is 19.5. The minimum atomic E-state index is -0.459. The molecule has 0 N–H and O–H groups in total. The van der Waals surface area contributed by atoms with Gasteiger partial charge in [0.2, 0.25) is 0 Å². The van der Waals surface area contributed by atoms with Crippen molar-refractivity contribution >= 4 is 28.5 Å². The van der Waals surface area contributed by atoms with Crippen LogP contribution in [0.3, 0.4) is 0 Å². The Labute approximate surface area is 201 Å². The number of para-hydroxylation sites is 1. The van der Waals surface area contributed by atoms with Gasteiger partial charge in [-0.25, -0.2) is 0 Å². The molecule has 0 amide bonds. The number of hydrogen-bond acceptors (Lipinski definition) is 7. The monoisotopic (exact) mass is 481 g/mol. The number of nitrogens with zero attached hydrogens (tertiary/aromatic N) is 3. The number of hydrogen-bond donors (Lipinski definition) is 0. The van der Waals surface area contributed by atoms with Gasteiger partial charge in [-0.2, -0.15) is 9.78 Å². The van der Waals surface area contributed by atoms with Crippen LogP contribution in [-0.4, -0.2) is 59.6 Å². The summed E-state index contributed by atoms with van der Waals surface area (Å²) in [7, 11) is 0. The predicted molar refractivity (Wildman–Crippen MR) is 128 cm³/mol. The van der Waals surface area contributed by atoms with E-state index in [1.165, 1.54) is 4.68 Å². The molecular weight excluding hydrogens is 458 g/mol. The van der Waals surface area contributed by atoms with E-state index < -0.39 is 5.97 Å². The highest BCUT2D eigenvalue weighted by molar-refractivity contribution is 6.30. The van der Waals surface area contributed by atoms with Crippen molar-refractivity contribution in [3.05, 3.63) is 69.7 Å². The van der Waals surface area contributed by atoms with Crippen LogP contribution in [0.2, 0.25) is 5.02 Å². The second-order valence-electron chi connectivity index (χ2n) is 8.33. The zero-order valence-electron chi connectivity index (χ0n) is 18.7. The Morgan fingerprint density at radius 1 is 1.15 bits per heavy atom. The van der Waals surface area contributed by atoms with E-state index >= 15 is 0 Å². The van der Waals surface area contributed by atoms with Gasteiger partial charge >= 0.3 is 5.97 Å². The van der Waals surface area contributed by atoms with E-state index in [2.05, 4.69) is 10.00 Å². The molecule has 0 spiro atoms. The van der Waals surface area contributed by atoms with Gasteiger partial charge in [0.1, 0.15) is 35.1 Å². The van der Waals surface area contributed by atoms with E-state index in [0.717, 1.165) is 13.1 Å². The minimum absolute atomic E-state index is 0.170. The first-order chi connectivity index (χ1) is 16.5. The minimum Gasteiger partial charge on any atom is -0.461 e. The maximum Gasteiger partial charge on any atom is 0.313 e. The van der Waals surface area contributed by atoms with Crippen LogP contribution in [0.15, 0.2) is 57.7 Å². The molecule has 1 unspecified atom stereocenters. The number of carbonyl (C=O) groups excluding carboxylic acids is 1. The van der Waals surface area contributed by atoms with Gasteiger partial charge in [-0.3, -0.25) is 14.5 Å². The van der Waals surface area contributed by atoms with E-state index in [-0.39, 0.29) is 29.4 Å². The lowest BCUT2D eigenvalue weighted by Gasteiger charge is -2.28. The first-order valence-electron chi connectivity index (χ1n) is 11.2. The van der Waals surface area contributed by atoms with Gasteiger partial charge in [-0.1, -0.05) is 23.7 Å². The Kier molecular flexibility index (Phi) is 6.36. The molecule has 176 valence electrons. The summed E-state index contributed by atoms with van der Waals surface area (Å²) < 4.78 is 18.3. The van der Waals surface area contributed by atoms with Gasteiger partial charge in [0.15, 0.2) is 0 Å². The summed E-state index contributed by atoms with van der Waals surface area (Å²) in [6, 6.07) is 14.1. The molecule has 0 radical (unpaired) electrons. The van der Waals surface area contributed by atoms with Gasteiger partial charge in [0, 0.05) is 30.0 Å². The fourth-order valence-corrected chi connectivity index (χ4v) is 4.37. The van der Waals surface area contributed by atoms with Gasteiger partial charge in [0.25, 0.3) is 5.56 Å². The third kappa shape index (κ3) is 4.57. The Balaban J connectivity index is 1.47. The quantitative estimate of drug-likeness (QED) is 0.389. The fraction of sp³-hybridized carbons (Fsp3) is 0.320. The maximum absolute atomic E-state index is 13.4. The Bertz CT molecular complexity index is 1340. The molecular formula is C25H24ClN3O5. The smallest absolute Gasteiger partial charge is 0.313 e. The van der Waals surface area contributed by atoms with Crippen LogP contribution < -0.4 is 5.56 Å². The van der Waals surface area contributed by atoms with Crippen molar-refractivity contribution in [1.29, 1.82) is 0 Å². The van der Waals surface area contributed by atoms with Crippen molar-refractivity contribution in [2.75, 3.05) is 32.8 Å². The van der Waals surface area contributed by atoms with Crippen LogP contribution in [0.5, 0.6) is 0 Å². The summed E-state index contributed by atoms with van der Waals surface area (Å²) >= 11 is 6.00. The van der Waals surface area contributed by atoms with E-state index in [0.29, 0.717) is 47.1 Å². The summed E-state index contributed by atoms with van der Waals surface area (Å²) in [5.41, 5.74) is 1.50. The second-order valence-corrected chi connectivity index (χ2v) is 8.77.